The van der Waals surface area contributed by atoms with E-state index in [2.05, 4.69) is 4.90 Å². The minimum absolute atomic E-state index is 0.353. The molecule has 0 radical (unpaired) electrons. The van der Waals surface area contributed by atoms with Crippen LogP contribution in [0.1, 0.15) is 18.4 Å². The molecule has 1 saturated heterocycles. The third-order valence-corrected chi connectivity index (χ3v) is 3.76. The molecule has 1 aromatic carbocycles. The number of nitrogens with two attached hydrogens (primary N) is 1. The molecule has 20 heavy (non-hydrogen) atoms. The summed E-state index contributed by atoms with van der Waals surface area (Å²) in [5.74, 6) is 2.05. The fourth-order valence-corrected chi connectivity index (χ4v) is 2.60. The molecule has 1 aromatic rings. The highest BCUT2D eigenvalue weighted by Gasteiger charge is 2.18. The second kappa shape index (κ2) is 6.81. The summed E-state index contributed by atoms with van der Waals surface area (Å²) in [6.07, 6.45) is 2.12. The second-order valence-corrected chi connectivity index (χ2v) is 5.15. The van der Waals surface area contributed by atoms with Gasteiger partial charge in [0.05, 0.1) is 21.3 Å². The van der Waals surface area contributed by atoms with Crippen molar-refractivity contribution in [1.82, 2.24) is 4.90 Å². The summed E-state index contributed by atoms with van der Waals surface area (Å²) in [5, 5.41) is 0. The van der Waals surface area contributed by atoms with E-state index in [0.717, 1.165) is 38.0 Å². The number of rotatable bonds is 5. The average Bonchev–Trinajstić information content (AvgIpc) is 2.48. The number of ether oxygens (including phenoxy) is 3. The van der Waals surface area contributed by atoms with Gasteiger partial charge < -0.3 is 19.9 Å². The molecule has 0 aliphatic carbocycles. The Kier molecular flexibility index (Phi) is 5.09. The van der Waals surface area contributed by atoms with Gasteiger partial charge in [0.1, 0.15) is 0 Å². The number of hydrogen-bond donors (Lipinski definition) is 1. The lowest BCUT2D eigenvalue weighted by atomic mass is 10.0. The lowest BCUT2D eigenvalue weighted by Gasteiger charge is -2.30. The zero-order valence-electron chi connectivity index (χ0n) is 12.5. The van der Waals surface area contributed by atoms with Crippen LogP contribution in [0.4, 0.5) is 0 Å². The number of benzene rings is 1. The zero-order chi connectivity index (χ0) is 14.5. The number of hydrogen-bond acceptors (Lipinski definition) is 5. The van der Waals surface area contributed by atoms with Crippen LogP contribution in [-0.4, -0.2) is 45.4 Å². The van der Waals surface area contributed by atoms with Crippen LogP contribution in [0.25, 0.3) is 0 Å². The minimum Gasteiger partial charge on any atom is -0.493 e. The first-order valence-corrected chi connectivity index (χ1v) is 6.94. The van der Waals surface area contributed by atoms with Gasteiger partial charge in [-0.15, -0.1) is 0 Å². The Bertz CT molecular complexity index is 418. The third-order valence-electron chi connectivity index (χ3n) is 3.76. The largest absolute Gasteiger partial charge is 0.493 e. The number of likely N-dealkylation sites (tertiary alicyclic amines) is 1. The molecule has 112 valence electrons. The Hall–Kier alpha value is -1.46. The molecule has 0 saturated carbocycles. The Labute approximate surface area is 120 Å². The van der Waals surface area contributed by atoms with E-state index in [1.807, 2.05) is 12.1 Å². The Morgan fingerprint density at radius 1 is 1.05 bits per heavy atom. The summed E-state index contributed by atoms with van der Waals surface area (Å²) in [7, 11) is 4.90. The van der Waals surface area contributed by atoms with Crippen molar-refractivity contribution in [2.45, 2.75) is 25.4 Å². The van der Waals surface area contributed by atoms with Crippen LogP contribution in [0.5, 0.6) is 17.2 Å². The molecule has 0 aromatic heterocycles. The van der Waals surface area contributed by atoms with Crippen LogP contribution < -0.4 is 19.9 Å². The van der Waals surface area contributed by atoms with Crippen LogP contribution in [0.3, 0.4) is 0 Å². The molecule has 0 unspecified atom stereocenters. The summed E-state index contributed by atoms with van der Waals surface area (Å²) >= 11 is 0. The molecule has 0 bridgehead atoms. The van der Waals surface area contributed by atoms with Gasteiger partial charge >= 0.3 is 0 Å². The topological polar surface area (TPSA) is 57.0 Å². The van der Waals surface area contributed by atoms with Crippen LogP contribution in [0, 0.1) is 0 Å². The van der Waals surface area contributed by atoms with E-state index in [4.69, 9.17) is 19.9 Å². The van der Waals surface area contributed by atoms with E-state index >= 15 is 0 Å². The average molecular weight is 280 g/mol. The van der Waals surface area contributed by atoms with Gasteiger partial charge in [-0.05, 0) is 43.6 Å². The quantitative estimate of drug-likeness (QED) is 0.888. The molecule has 0 spiro atoms. The molecule has 0 amide bonds. The summed E-state index contributed by atoms with van der Waals surface area (Å²) in [4.78, 5) is 2.41. The lowest BCUT2D eigenvalue weighted by Crippen LogP contribution is -2.39. The van der Waals surface area contributed by atoms with Crippen molar-refractivity contribution in [3.8, 4) is 17.2 Å². The first-order chi connectivity index (χ1) is 9.67. The van der Waals surface area contributed by atoms with Crippen molar-refractivity contribution < 1.29 is 14.2 Å². The van der Waals surface area contributed by atoms with E-state index in [0.29, 0.717) is 23.3 Å². The SMILES string of the molecule is COc1cc(CN2CCC(N)CC2)cc(OC)c1OC. The fourth-order valence-electron chi connectivity index (χ4n) is 2.60. The van der Waals surface area contributed by atoms with Gasteiger partial charge in [0.15, 0.2) is 11.5 Å². The van der Waals surface area contributed by atoms with Crippen molar-refractivity contribution >= 4 is 0 Å². The van der Waals surface area contributed by atoms with Gasteiger partial charge in [0.25, 0.3) is 0 Å². The fraction of sp³-hybridized carbons (Fsp3) is 0.600. The monoisotopic (exact) mass is 280 g/mol. The third kappa shape index (κ3) is 3.35. The smallest absolute Gasteiger partial charge is 0.203 e. The van der Waals surface area contributed by atoms with Crippen molar-refractivity contribution in [3.63, 3.8) is 0 Å². The summed E-state index contributed by atoms with van der Waals surface area (Å²) in [6.45, 7) is 2.96. The van der Waals surface area contributed by atoms with Crippen LogP contribution in [-0.2, 0) is 6.54 Å². The van der Waals surface area contributed by atoms with Crippen LogP contribution in [0.2, 0.25) is 0 Å². The first-order valence-electron chi connectivity index (χ1n) is 6.94. The summed E-state index contributed by atoms with van der Waals surface area (Å²) < 4.78 is 16.1. The molecular weight excluding hydrogens is 256 g/mol. The molecule has 2 rings (SSSR count). The van der Waals surface area contributed by atoms with Gasteiger partial charge in [-0.3, -0.25) is 4.90 Å². The highest BCUT2D eigenvalue weighted by Crippen LogP contribution is 2.38. The van der Waals surface area contributed by atoms with E-state index < -0.39 is 0 Å². The Morgan fingerprint density at radius 3 is 2.05 bits per heavy atom. The first kappa shape index (κ1) is 14.9. The maximum absolute atomic E-state index is 5.94. The lowest BCUT2D eigenvalue weighted by molar-refractivity contribution is 0.205. The summed E-state index contributed by atoms with van der Waals surface area (Å²) in [6, 6.07) is 4.37. The van der Waals surface area contributed by atoms with Gasteiger partial charge in [-0.25, -0.2) is 0 Å². The Morgan fingerprint density at radius 2 is 1.60 bits per heavy atom. The molecule has 5 heteroatoms. The number of nitrogens with zero attached hydrogens (tertiary/aromatic N) is 1. The number of methoxy groups -OCH3 is 3. The van der Waals surface area contributed by atoms with Gasteiger partial charge in [0, 0.05) is 12.6 Å². The highest BCUT2D eigenvalue weighted by molar-refractivity contribution is 5.53. The van der Waals surface area contributed by atoms with E-state index in [9.17, 15) is 0 Å². The number of piperidine rings is 1. The molecule has 1 aliphatic rings. The maximum atomic E-state index is 5.94. The van der Waals surface area contributed by atoms with Crippen LogP contribution >= 0.6 is 0 Å². The molecule has 1 aliphatic heterocycles. The normalized spacial score (nSPS) is 17.0. The maximum Gasteiger partial charge on any atom is 0.203 e. The van der Waals surface area contributed by atoms with Crippen molar-refractivity contribution in [3.05, 3.63) is 17.7 Å². The van der Waals surface area contributed by atoms with Crippen LogP contribution in [0.15, 0.2) is 12.1 Å². The van der Waals surface area contributed by atoms with E-state index in [1.54, 1.807) is 21.3 Å². The predicted molar refractivity (Wildman–Crippen MR) is 78.6 cm³/mol. The van der Waals surface area contributed by atoms with E-state index in [-0.39, 0.29) is 0 Å². The standard InChI is InChI=1S/C15H24N2O3/c1-18-13-8-11(9-14(19-2)15(13)20-3)10-17-6-4-12(16)5-7-17/h8-9,12H,4-7,10,16H2,1-3H3. The van der Waals surface area contributed by atoms with Crippen molar-refractivity contribution in [1.29, 1.82) is 0 Å². The van der Waals surface area contributed by atoms with Crippen molar-refractivity contribution in [2.24, 2.45) is 5.73 Å². The van der Waals surface area contributed by atoms with E-state index in [1.165, 1.54) is 0 Å². The molecule has 0 atom stereocenters. The molecule has 2 N–H and O–H groups in total. The second-order valence-electron chi connectivity index (χ2n) is 5.15. The molecular formula is C15H24N2O3. The van der Waals surface area contributed by atoms with Gasteiger partial charge in [-0.1, -0.05) is 0 Å². The zero-order valence-corrected chi connectivity index (χ0v) is 12.5. The predicted octanol–water partition coefficient (Wildman–Crippen LogP) is 1.64. The van der Waals surface area contributed by atoms with Gasteiger partial charge in [0.2, 0.25) is 5.75 Å². The Balaban J connectivity index is 2.15. The summed E-state index contributed by atoms with van der Waals surface area (Å²) in [5.41, 5.74) is 7.10. The highest BCUT2D eigenvalue weighted by atomic mass is 16.5. The minimum atomic E-state index is 0.353. The molecule has 1 fully saturated rings. The van der Waals surface area contributed by atoms with Gasteiger partial charge in [-0.2, -0.15) is 0 Å². The van der Waals surface area contributed by atoms with Crippen molar-refractivity contribution in [2.75, 3.05) is 34.4 Å². The molecule has 5 nitrogen and oxygen atoms in total. The molecule has 1 heterocycles.